The molecule has 0 spiro atoms. The van der Waals surface area contributed by atoms with Gasteiger partial charge in [-0.1, -0.05) is 25.3 Å². The number of benzene rings is 2. The van der Waals surface area contributed by atoms with Crippen LogP contribution in [0.25, 0.3) is 0 Å². The van der Waals surface area contributed by atoms with Crippen molar-refractivity contribution in [2.24, 2.45) is 0 Å². The molecule has 188 valence electrons. The highest BCUT2D eigenvalue weighted by Crippen LogP contribution is 2.31. The normalized spacial score (nSPS) is 15.1. The minimum atomic E-state index is -4.51. The van der Waals surface area contributed by atoms with Gasteiger partial charge in [-0.3, -0.25) is 14.4 Å². The molecule has 1 saturated carbocycles. The van der Waals surface area contributed by atoms with Gasteiger partial charge >= 0.3 is 6.18 Å². The minimum absolute atomic E-state index is 0.00389. The molecule has 0 heterocycles. The van der Waals surface area contributed by atoms with E-state index in [4.69, 9.17) is 4.74 Å². The van der Waals surface area contributed by atoms with Gasteiger partial charge in [0.1, 0.15) is 11.3 Å². The third-order valence-corrected chi connectivity index (χ3v) is 5.79. The first-order valence-corrected chi connectivity index (χ1v) is 11.4. The van der Waals surface area contributed by atoms with Crippen molar-refractivity contribution in [1.82, 2.24) is 10.6 Å². The van der Waals surface area contributed by atoms with E-state index in [0.717, 1.165) is 31.4 Å². The van der Waals surface area contributed by atoms with Crippen LogP contribution in [0, 0.1) is 0 Å². The zero-order valence-corrected chi connectivity index (χ0v) is 19.3. The highest BCUT2D eigenvalue weighted by molar-refractivity contribution is 5.99. The van der Waals surface area contributed by atoms with Crippen LogP contribution in [0.5, 0.6) is 5.75 Å². The van der Waals surface area contributed by atoms with Crippen molar-refractivity contribution in [1.29, 1.82) is 0 Å². The van der Waals surface area contributed by atoms with Gasteiger partial charge < -0.3 is 20.7 Å². The molecule has 1 fully saturated rings. The summed E-state index contributed by atoms with van der Waals surface area (Å²) in [5.41, 5.74) is -1.46. The Balaban J connectivity index is 1.56. The van der Waals surface area contributed by atoms with Gasteiger partial charge in [0, 0.05) is 17.8 Å². The van der Waals surface area contributed by atoms with Gasteiger partial charge in [0.15, 0.2) is 6.61 Å². The Labute approximate surface area is 201 Å². The van der Waals surface area contributed by atoms with Crippen LogP contribution in [-0.4, -0.2) is 36.4 Å². The van der Waals surface area contributed by atoms with Crippen LogP contribution >= 0.6 is 0 Å². The van der Waals surface area contributed by atoms with Crippen molar-refractivity contribution in [2.45, 2.75) is 50.7 Å². The summed E-state index contributed by atoms with van der Waals surface area (Å²) in [5.74, 6) is -0.893. The Bertz CT molecular complexity index is 1050. The third kappa shape index (κ3) is 6.97. The number of ether oxygens (including phenoxy) is 1. The molecule has 1 aliphatic rings. The van der Waals surface area contributed by atoms with Crippen LogP contribution in [-0.2, 0) is 15.8 Å². The number of halogens is 3. The second-order valence-electron chi connectivity index (χ2n) is 8.40. The van der Waals surface area contributed by atoms with Crippen molar-refractivity contribution in [2.75, 3.05) is 18.5 Å². The molecule has 0 radical (unpaired) electrons. The minimum Gasteiger partial charge on any atom is -0.484 e. The zero-order chi connectivity index (χ0) is 25.5. The summed E-state index contributed by atoms with van der Waals surface area (Å²) in [6.45, 7) is 1.88. The van der Waals surface area contributed by atoms with Gasteiger partial charge in [0.25, 0.3) is 11.8 Å². The van der Waals surface area contributed by atoms with Gasteiger partial charge in [-0.2, -0.15) is 13.2 Å². The molecule has 10 heteroatoms. The first-order chi connectivity index (χ1) is 16.6. The summed E-state index contributed by atoms with van der Waals surface area (Å²) in [6.07, 6.45) is -0.634. The van der Waals surface area contributed by atoms with Crippen LogP contribution in [0.2, 0.25) is 0 Å². The van der Waals surface area contributed by atoms with Crippen molar-refractivity contribution in [3.63, 3.8) is 0 Å². The number of carbonyl (C=O) groups excluding carboxylic acids is 3. The monoisotopic (exact) mass is 491 g/mol. The lowest BCUT2D eigenvalue weighted by atomic mass is 9.80. The standard InChI is InChI=1S/C25H28F3N3O4/c1-2-29-23(34)24(13-4-3-5-14-24)31-22(33)17-9-11-20(12-10-17)35-16-21(32)30-19-8-6-7-18(15-19)25(26,27)28/h6-12,15H,2-5,13-14,16H2,1H3,(H,29,34)(H,30,32)(H,31,33). The summed E-state index contributed by atoms with van der Waals surface area (Å²) in [6, 6.07) is 10.3. The lowest BCUT2D eigenvalue weighted by molar-refractivity contribution is -0.137. The molecule has 35 heavy (non-hydrogen) atoms. The van der Waals surface area contributed by atoms with E-state index in [9.17, 15) is 27.6 Å². The average Bonchev–Trinajstić information content (AvgIpc) is 2.83. The van der Waals surface area contributed by atoms with E-state index in [1.807, 2.05) is 6.92 Å². The molecule has 3 rings (SSSR count). The molecule has 0 aromatic heterocycles. The van der Waals surface area contributed by atoms with Gasteiger partial charge in [-0.05, 0) is 62.2 Å². The molecule has 1 aliphatic carbocycles. The van der Waals surface area contributed by atoms with E-state index < -0.39 is 29.8 Å². The summed E-state index contributed by atoms with van der Waals surface area (Å²) in [5, 5.41) is 8.08. The average molecular weight is 492 g/mol. The second-order valence-corrected chi connectivity index (χ2v) is 8.40. The molecule has 2 aromatic carbocycles. The predicted molar refractivity (Wildman–Crippen MR) is 124 cm³/mol. The van der Waals surface area contributed by atoms with E-state index in [0.29, 0.717) is 30.7 Å². The maximum Gasteiger partial charge on any atom is 0.416 e. The number of carbonyl (C=O) groups is 3. The van der Waals surface area contributed by atoms with E-state index in [2.05, 4.69) is 16.0 Å². The number of hydrogen-bond acceptors (Lipinski definition) is 4. The molecular weight excluding hydrogens is 463 g/mol. The van der Waals surface area contributed by atoms with Crippen LogP contribution < -0.4 is 20.7 Å². The van der Waals surface area contributed by atoms with Crippen LogP contribution in [0.15, 0.2) is 48.5 Å². The van der Waals surface area contributed by atoms with Crippen molar-refractivity contribution in [3.05, 3.63) is 59.7 Å². The zero-order valence-electron chi connectivity index (χ0n) is 19.3. The number of hydrogen-bond donors (Lipinski definition) is 3. The highest BCUT2D eigenvalue weighted by Gasteiger charge is 2.40. The fourth-order valence-corrected chi connectivity index (χ4v) is 4.01. The summed E-state index contributed by atoms with van der Waals surface area (Å²) >= 11 is 0. The molecule has 7 nitrogen and oxygen atoms in total. The third-order valence-electron chi connectivity index (χ3n) is 5.79. The quantitative estimate of drug-likeness (QED) is 0.513. The van der Waals surface area contributed by atoms with Crippen LogP contribution in [0.1, 0.15) is 54.9 Å². The topological polar surface area (TPSA) is 96.5 Å². The SMILES string of the molecule is CCNC(=O)C1(NC(=O)c2ccc(OCC(=O)Nc3cccc(C(F)(F)F)c3)cc2)CCCCC1. The number of alkyl halides is 3. The van der Waals surface area contributed by atoms with Crippen molar-refractivity contribution < 1.29 is 32.3 Å². The van der Waals surface area contributed by atoms with E-state index >= 15 is 0 Å². The first-order valence-electron chi connectivity index (χ1n) is 11.4. The van der Waals surface area contributed by atoms with Crippen LogP contribution in [0.3, 0.4) is 0 Å². The molecule has 0 atom stereocenters. The summed E-state index contributed by atoms with van der Waals surface area (Å²) in [4.78, 5) is 37.6. The summed E-state index contributed by atoms with van der Waals surface area (Å²) < 4.78 is 43.8. The second kappa shape index (κ2) is 11.2. The van der Waals surface area contributed by atoms with E-state index in [1.165, 1.54) is 36.4 Å². The number of anilines is 1. The molecule has 0 unspecified atom stereocenters. The smallest absolute Gasteiger partial charge is 0.416 e. The van der Waals surface area contributed by atoms with Gasteiger partial charge in [-0.25, -0.2) is 0 Å². The van der Waals surface area contributed by atoms with E-state index in [1.54, 1.807) is 0 Å². The molecule has 2 aromatic rings. The van der Waals surface area contributed by atoms with Gasteiger partial charge in [0.05, 0.1) is 5.56 Å². The highest BCUT2D eigenvalue weighted by atomic mass is 19.4. The fourth-order valence-electron chi connectivity index (χ4n) is 4.01. The fraction of sp³-hybridized carbons (Fsp3) is 0.400. The number of rotatable bonds is 8. The molecule has 0 aliphatic heterocycles. The number of nitrogens with one attached hydrogen (secondary N) is 3. The Morgan fingerprint density at radius 1 is 1.00 bits per heavy atom. The Kier molecular flexibility index (Phi) is 8.37. The predicted octanol–water partition coefficient (Wildman–Crippen LogP) is 4.29. The Morgan fingerprint density at radius 3 is 2.31 bits per heavy atom. The van der Waals surface area contributed by atoms with Crippen molar-refractivity contribution in [3.8, 4) is 5.75 Å². The maximum atomic E-state index is 12.8. The number of amides is 3. The lowest BCUT2D eigenvalue weighted by Gasteiger charge is -2.36. The molecule has 0 saturated heterocycles. The maximum absolute atomic E-state index is 12.8. The first kappa shape index (κ1) is 26.1. The molecule has 3 amide bonds. The van der Waals surface area contributed by atoms with Gasteiger partial charge in [-0.15, -0.1) is 0 Å². The largest absolute Gasteiger partial charge is 0.484 e. The Morgan fingerprint density at radius 2 is 1.69 bits per heavy atom. The molecular formula is C25H28F3N3O4. The number of likely N-dealkylation sites (N-methyl/N-ethyl adjacent to an activating group) is 1. The lowest BCUT2D eigenvalue weighted by Crippen LogP contribution is -2.59. The van der Waals surface area contributed by atoms with Crippen LogP contribution in [0.4, 0.5) is 18.9 Å². The van der Waals surface area contributed by atoms with Crippen molar-refractivity contribution >= 4 is 23.4 Å². The van der Waals surface area contributed by atoms with Gasteiger partial charge in [0.2, 0.25) is 5.91 Å². The Hall–Kier alpha value is -3.56. The van der Waals surface area contributed by atoms with E-state index in [-0.39, 0.29) is 17.5 Å². The molecule has 0 bridgehead atoms. The molecule has 3 N–H and O–H groups in total. The summed E-state index contributed by atoms with van der Waals surface area (Å²) in [7, 11) is 0.